The van der Waals surface area contributed by atoms with E-state index in [0.29, 0.717) is 32.2 Å². The van der Waals surface area contributed by atoms with Gasteiger partial charge in [0.1, 0.15) is 0 Å². The van der Waals surface area contributed by atoms with Crippen molar-refractivity contribution >= 4 is 5.96 Å². The molecule has 0 fully saturated rings. The van der Waals surface area contributed by atoms with Crippen molar-refractivity contribution in [3.05, 3.63) is 40.7 Å². The molecule has 0 saturated heterocycles. The lowest BCUT2D eigenvalue weighted by molar-refractivity contribution is -0.0514. The van der Waals surface area contributed by atoms with Gasteiger partial charge in [0.2, 0.25) is 0 Å². The first kappa shape index (κ1) is 22.4. The van der Waals surface area contributed by atoms with E-state index in [0.717, 1.165) is 22.5 Å². The van der Waals surface area contributed by atoms with Crippen molar-refractivity contribution < 1.29 is 18.3 Å². The van der Waals surface area contributed by atoms with Gasteiger partial charge in [0, 0.05) is 31.4 Å². The third-order valence-electron chi connectivity index (χ3n) is 4.38. The smallest absolute Gasteiger partial charge is 0.387 e. The summed E-state index contributed by atoms with van der Waals surface area (Å²) in [5.74, 6) is 0.947. The van der Waals surface area contributed by atoms with Crippen molar-refractivity contribution in [1.82, 2.24) is 20.4 Å². The minimum Gasteiger partial charge on any atom is -0.490 e. The molecule has 2 aromatic rings. The van der Waals surface area contributed by atoms with E-state index in [1.807, 2.05) is 32.5 Å². The Hall–Kier alpha value is -2.84. The minimum absolute atomic E-state index is 0.0159. The average molecular weight is 409 g/mol. The minimum atomic E-state index is -2.90. The van der Waals surface area contributed by atoms with Crippen LogP contribution in [0.25, 0.3) is 0 Å². The first-order chi connectivity index (χ1) is 13.8. The quantitative estimate of drug-likeness (QED) is 0.491. The molecule has 0 aliphatic carbocycles. The first-order valence-corrected chi connectivity index (χ1v) is 9.57. The molecule has 7 nitrogen and oxygen atoms in total. The lowest BCUT2D eigenvalue weighted by Gasteiger charge is -2.13. The second-order valence-electron chi connectivity index (χ2n) is 6.41. The number of hydrogen-bond acceptors (Lipinski definition) is 4. The molecule has 1 aromatic heterocycles. The molecule has 0 aliphatic heterocycles. The Morgan fingerprint density at radius 3 is 2.55 bits per heavy atom. The summed E-state index contributed by atoms with van der Waals surface area (Å²) in [5.41, 5.74) is 4.03. The number of guanidine groups is 1. The predicted molar refractivity (Wildman–Crippen MR) is 109 cm³/mol. The monoisotopic (exact) mass is 409 g/mol. The highest BCUT2D eigenvalue weighted by Gasteiger charge is 2.12. The van der Waals surface area contributed by atoms with Crippen LogP contribution in [0.3, 0.4) is 0 Å². The number of rotatable bonds is 9. The Bertz CT molecular complexity index is 837. The fraction of sp³-hybridized carbons (Fsp3) is 0.500. The van der Waals surface area contributed by atoms with Crippen LogP contribution in [0.15, 0.2) is 23.2 Å². The molecule has 0 bridgehead atoms. The van der Waals surface area contributed by atoms with E-state index in [1.54, 1.807) is 19.1 Å². The second-order valence-corrected chi connectivity index (χ2v) is 6.41. The van der Waals surface area contributed by atoms with Crippen molar-refractivity contribution in [3.63, 3.8) is 0 Å². The fourth-order valence-electron chi connectivity index (χ4n) is 2.87. The average Bonchev–Trinajstić information content (AvgIpc) is 2.91. The molecule has 160 valence electrons. The number of alkyl halides is 2. The number of benzene rings is 1. The number of nitrogens with one attached hydrogen (secondary N) is 2. The van der Waals surface area contributed by atoms with Gasteiger partial charge in [-0.15, -0.1) is 0 Å². The summed E-state index contributed by atoms with van der Waals surface area (Å²) in [6, 6.07) is 4.84. The van der Waals surface area contributed by atoms with Crippen LogP contribution < -0.4 is 20.1 Å². The molecule has 29 heavy (non-hydrogen) atoms. The van der Waals surface area contributed by atoms with E-state index in [4.69, 9.17) is 4.74 Å². The summed E-state index contributed by atoms with van der Waals surface area (Å²) in [5, 5.41) is 10.9. The molecule has 0 saturated carbocycles. The van der Waals surface area contributed by atoms with E-state index in [2.05, 4.69) is 25.5 Å². The number of hydrogen-bond donors (Lipinski definition) is 2. The molecular formula is C20H29F2N5O2. The zero-order valence-corrected chi connectivity index (χ0v) is 17.6. The Morgan fingerprint density at radius 1 is 1.21 bits per heavy atom. The van der Waals surface area contributed by atoms with Gasteiger partial charge in [0.25, 0.3) is 0 Å². The number of aliphatic imine (C=N–C) groups is 1. The molecule has 0 aliphatic rings. The van der Waals surface area contributed by atoms with Crippen molar-refractivity contribution in [2.24, 2.45) is 12.0 Å². The maximum atomic E-state index is 12.5. The maximum absolute atomic E-state index is 12.5. The van der Waals surface area contributed by atoms with Crippen molar-refractivity contribution in [3.8, 4) is 11.5 Å². The van der Waals surface area contributed by atoms with Crippen LogP contribution in [0.5, 0.6) is 11.5 Å². The standard InChI is InChI=1S/C20H29F2N5O2/c1-6-23-20(25-12-16-13(3)26-27(5)14(16)4)24-11-15-8-9-17(29-19(21)22)18(10-15)28-7-2/h8-10,19H,6-7,11-12H2,1-5H3,(H2,23,24,25). The van der Waals surface area contributed by atoms with Gasteiger partial charge >= 0.3 is 6.61 Å². The second kappa shape index (κ2) is 10.6. The zero-order valence-electron chi connectivity index (χ0n) is 17.6. The van der Waals surface area contributed by atoms with Gasteiger partial charge in [-0.3, -0.25) is 4.68 Å². The van der Waals surface area contributed by atoms with Gasteiger partial charge in [-0.25, -0.2) is 4.99 Å². The van der Waals surface area contributed by atoms with Gasteiger partial charge in [-0.05, 0) is 45.4 Å². The van der Waals surface area contributed by atoms with Crippen molar-refractivity contribution in [2.45, 2.75) is 47.4 Å². The summed E-state index contributed by atoms with van der Waals surface area (Å²) in [7, 11) is 1.92. The van der Waals surface area contributed by atoms with Crippen LogP contribution in [0.2, 0.25) is 0 Å². The Kier molecular flexibility index (Phi) is 8.23. The molecule has 0 radical (unpaired) electrons. The van der Waals surface area contributed by atoms with Crippen LogP contribution in [-0.2, 0) is 20.1 Å². The van der Waals surface area contributed by atoms with Gasteiger partial charge in [0.05, 0.1) is 18.8 Å². The molecule has 0 amide bonds. The van der Waals surface area contributed by atoms with Gasteiger partial charge < -0.3 is 20.1 Å². The summed E-state index contributed by atoms with van der Waals surface area (Å²) in [6.45, 7) is 6.89. The molecule has 2 N–H and O–H groups in total. The molecule has 0 spiro atoms. The number of aryl methyl sites for hydroxylation is 2. The van der Waals surface area contributed by atoms with Crippen molar-refractivity contribution in [1.29, 1.82) is 0 Å². The highest BCUT2D eigenvalue weighted by molar-refractivity contribution is 5.79. The Labute approximate surface area is 170 Å². The molecule has 1 heterocycles. The summed E-state index contributed by atoms with van der Waals surface area (Å²) in [4.78, 5) is 4.58. The summed E-state index contributed by atoms with van der Waals surface area (Å²) in [6.07, 6.45) is 0. The normalized spacial score (nSPS) is 11.7. The highest BCUT2D eigenvalue weighted by Crippen LogP contribution is 2.30. The lowest BCUT2D eigenvalue weighted by Crippen LogP contribution is -2.37. The van der Waals surface area contributed by atoms with Crippen LogP contribution in [-0.4, -0.2) is 35.5 Å². The SMILES string of the molecule is CCNC(=NCc1ccc(OC(F)F)c(OCC)c1)NCc1c(C)nn(C)c1C. The van der Waals surface area contributed by atoms with E-state index < -0.39 is 6.61 Å². The van der Waals surface area contributed by atoms with E-state index >= 15 is 0 Å². The number of ether oxygens (including phenoxy) is 2. The van der Waals surface area contributed by atoms with Crippen molar-refractivity contribution in [2.75, 3.05) is 13.2 Å². The topological polar surface area (TPSA) is 72.7 Å². The molecule has 9 heteroatoms. The number of halogens is 2. The molecule has 0 atom stereocenters. The lowest BCUT2D eigenvalue weighted by atomic mass is 10.2. The van der Waals surface area contributed by atoms with Crippen LogP contribution in [0.4, 0.5) is 8.78 Å². The van der Waals surface area contributed by atoms with E-state index in [9.17, 15) is 8.78 Å². The molecule has 2 rings (SSSR count). The zero-order chi connectivity index (χ0) is 21.4. The summed E-state index contributed by atoms with van der Waals surface area (Å²) >= 11 is 0. The third kappa shape index (κ3) is 6.33. The van der Waals surface area contributed by atoms with Gasteiger partial charge in [0.15, 0.2) is 17.5 Å². The third-order valence-corrected chi connectivity index (χ3v) is 4.38. The summed E-state index contributed by atoms with van der Waals surface area (Å²) < 4.78 is 36.9. The maximum Gasteiger partial charge on any atom is 0.387 e. The Morgan fingerprint density at radius 2 is 1.97 bits per heavy atom. The van der Waals surface area contributed by atoms with Gasteiger partial charge in [-0.1, -0.05) is 6.07 Å². The largest absolute Gasteiger partial charge is 0.490 e. The number of aromatic nitrogens is 2. The first-order valence-electron chi connectivity index (χ1n) is 9.57. The Balaban J connectivity index is 2.11. The number of nitrogens with zero attached hydrogens (tertiary/aromatic N) is 3. The van der Waals surface area contributed by atoms with Gasteiger partial charge in [-0.2, -0.15) is 13.9 Å². The molecule has 1 aromatic carbocycles. The van der Waals surface area contributed by atoms with E-state index in [-0.39, 0.29) is 11.5 Å². The molecular weight excluding hydrogens is 380 g/mol. The van der Waals surface area contributed by atoms with E-state index in [1.165, 1.54) is 6.07 Å². The highest BCUT2D eigenvalue weighted by atomic mass is 19.3. The van der Waals surface area contributed by atoms with Crippen LogP contribution in [0, 0.1) is 13.8 Å². The van der Waals surface area contributed by atoms with Crippen LogP contribution in [0.1, 0.15) is 36.4 Å². The van der Waals surface area contributed by atoms with Crippen LogP contribution >= 0.6 is 0 Å². The predicted octanol–water partition coefficient (Wildman–Crippen LogP) is 3.29. The molecule has 0 unspecified atom stereocenters. The fourth-order valence-corrected chi connectivity index (χ4v) is 2.87.